The zero-order chi connectivity index (χ0) is 96.5. The minimum absolute atomic E-state index is 0.0566. The molecule has 0 amide bonds. The average molecular weight is 1820 g/mol. The van der Waals surface area contributed by atoms with E-state index in [0.29, 0.717) is 0 Å². The van der Waals surface area contributed by atoms with Crippen molar-refractivity contribution >= 4 is 83.5 Å². The number of hydrogen-bond acceptors (Lipinski definition) is 3. The predicted molar refractivity (Wildman–Crippen MR) is 603 cm³/mol. The molecular formula is C138H117N3. The molecule has 21 aromatic carbocycles. The lowest BCUT2D eigenvalue weighted by Gasteiger charge is -2.50. The quantitative estimate of drug-likeness (QED) is 0.101. The van der Waals surface area contributed by atoms with Crippen LogP contribution in [-0.4, -0.2) is 0 Å². The van der Waals surface area contributed by atoms with E-state index in [-0.39, 0.29) is 32.5 Å². The molecule has 24 rings (SSSR count). The van der Waals surface area contributed by atoms with Crippen molar-refractivity contribution in [1.29, 1.82) is 0 Å². The first-order valence-electron chi connectivity index (χ1n) is 49.8. The van der Waals surface area contributed by atoms with Gasteiger partial charge in [-0.05, 0) is 308 Å². The number of hydrogen-bond donors (Lipinski definition) is 0. The summed E-state index contributed by atoms with van der Waals surface area (Å²) in [6, 6.07) is 180. The van der Waals surface area contributed by atoms with Gasteiger partial charge in [0.2, 0.25) is 0 Å². The maximum Gasteiger partial charge on any atom is 0.0505 e. The summed E-state index contributed by atoms with van der Waals surface area (Å²) in [4.78, 5) is 7.31. The van der Waals surface area contributed by atoms with Crippen molar-refractivity contribution < 1.29 is 0 Å². The Morgan fingerprint density at radius 2 is 0.411 bits per heavy atom. The van der Waals surface area contributed by atoms with Gasteiger partial charge in [-0.3, -0.25) is 0 Å². The van der Waals surface area contributed by atoms with Crippen molar-refractivity contribution in [3.8, 4) is 100 Å². The van der Waals surface area contributed by atoms with Crippen LogP contribution < -0.4 is 14.7 Å². The molecule has 0 N–H and O–H groups in total. The van der Waals surface area contributed by atoms with E-state index in [4.69, 9.17) is 0 Å². The molecule has 3 aliphatic rings. The third kappa shape index (κ3) is 16.2. The van der Waals surface area contributed by atoms with E-state index >= 15 is 0 Å². The summed E-state index contributed by atoms with van der Waals surface area (Å²) in [7, 11) is 0. The van der Waals surface area contributed by atoms with Crippen molar-refractivity contribution in [2.75, 3.05) is 14.7 Å². The Bertz CT molecular complexity index is 8230. The molecule has 0 radical (unpaired) electrons. The second kappa shape index (κ2) is 36.3. The highest BCUT2D eigenvalue weighted by atomic mass is 15.2. The van der Waals surface area contributed by atoms with Crippen molar-refractivity contribution in [1.82, 2.24) is 0 Å². The molecular weight excluding hydrogens is 1700 g/mol. The summed E-state index contributed by atoms with van der Waals surface area (Å²) >= 11 is 0. The predicted octanol–water partition coefficient (Wildman–Crippen LogP) is 38.6. The first-order chi connectivity index (χ1) is 68.5. The molecule has 0 saturated carbocycles. The summed E-state index contributed by atoms with van der Waals surface area (Å²) in [5, 5.41) is 7.44. The molecule has 3 heteroatoms. The summed E-state index contributed by atoms with van der Waals surface area (Å²) in [5.74, 6) is 0. The number of nitrogens with zero attached hydrogens (tertiary/aromatic N) is 3. The Morgan fingerprint density at radius 3 is 0.887 bits per heavy atom. The van der Waals surface area contributed by atoms with Gasteiger partial charge in [0, 0.05) is 50.9 Å². The molecule has 0 aliphatic heterocycles. The van der Waals surface area contributed by atoms with E-state index in [1.807, 2.05) is 0 Å². The van der Waals surface area contributed by atoms with Gasteiger partial charge < -0.3 is 14.7 Å². The summed E-state index contributed by atoms with van der Waals surface area (Å²) in [6.07, 6.45) is 0. The molecule has 0 saturated heterocycles. The molecule has 21 aromatic rings. The lowest BCUT2D eigenvalue weighted by molar-refractivity contribution is 0.299. The van der Waals surface area contributed by atoms with Gasteiger partial charge in [0.15, 0.2) is 0 Å². The zero-order valence-corrected chi connectivity index (χ0v) is 82.6. The molecule has 0 aromatic heterocycles. The molecule has 141 heavy (non-hydrogen) atoms. The van der Waals surface area contributed by atoms with Crippen LogP contribution in [0.3, 0.4) is 0 Å². The van der Waals surface area contributed by atoms with Crippen molar-refractivity contribution in [3.63, 3.8) is 0 Å². The monoisotopic (exact) mass is 1820 g/mol. The number of benzene rings is 21. The molecule has 0 heterocycles. The summed E-state index contributed by atoms with van der Waals surface area (Å²) < 4.78 is 0. The van der Waals surface area contributed by atoms with E-state index < -0.39 is 0 Å². The molecule has 0 bridgehead atoms. The molecule has 0 atom stereocenters. The van der Waals surface area contributed by atoms with Crippen LogP contribution in [0, 0.1) is 0 Å². The maximum absolute atomic E-state index is 2.46. The van der Waals surface area contributed by atoms with Crippen LogP contribution in [0.4, 0.5) is 51.2 Å². The third-order valence-corrected chi connectivity index (χ3v) is 32.4. The van der Waals surface area contributed by atoms with Crippen LogP contribution in [0.2, 0.25) is 0 Å². The standard InChI is InChI=1S/C52H43N.C46H39N.C40H35N/c1-51(2)49-31-25-43(41-21-13-20-40(32-41)37-16-9-6-10-17-37)34-48(49)47-30-29-46(35-50(47)52(51,3)4)53(45-28-24-38-18-11-12-19-42(38)33-45)44-26-22-39(23-27-44)36-14-7-5-8-15-36;1-45(2)42-21-13-20-40(35-17-9-6-10-18-35)44(42)41-29-28-39(31-43(41)46(45,3)4)47(38-27-24-33-16-11-12-19-36(33)30-38)37-25-22-34(23-26-37)32-14-7-5-8-15-32;1-39(2)36-19-11-10-17-34(36)35-18-12-20-37(38(35)40(39,3)4)41(33-26-23-29-15-8-9-16-31(29)27-33)32-24-21-30(22-25-32)28-13-6-5-7-14-28/h5-35H,1-4H3;5-31H,1-4H3;5-27H,1-4H3. The van der Waals surface area contributed by atoms with Crippen molar-refractivity contribution in [3.05, 3.63) is 525 Å². The Hall–Kier alpha value is -16.2. The SMILES string of the molecule is CC1(C)c2cc(N(c3ccc(-c4ccccc4)cc3)c3ccc4ccccc4c3)ccc2-c2c(-c3ccccc3)cccc2C1(C)C.CC1(C)c2ccc(-c3cccc(-c4ccccc4)c3)cc2-c2ccc(N(c3ccc(-c4ccccc4)cc3)c3ccc4ccccc4c3)cc2C1(C)C.CC1(C)c2ccccc2-c2cccc(N(c3ccc(-c4ccccc4)cc3)c3ccc4ccccc4c3)c2C1(C)C. The van der Waals surface area contributed by atoms with E-state index in [1.165, 1.54) is 172 Å². The van der Waals surface area contributed by atoms with E-state index in [9.17, 15) is 0 Å². The molecule has 684 valence electrons. The van der Waals surface area contributed by atoms with E-state index in [1.54, 1.807) is 0 Å². The second-order valence-electron chi connectivity index (χ2n) is 41.6. The Morgan fingerprint density at radius 1 is 0.135 bits per heavy atom. The maximum atomic E-state index is 2.46. The van der Waals surface area contributed by atoms with Crippen LogP contribution in [0.25, 0.3) is 132 Å². The fraction of sp³-hybridized carbons (Fsp3) is 0.130. The Labute approximate surface area is 832 Å². The van der Waals surface area contributed by atoms with Gasteiger partial charge in [-0.1, -0.05) is 459 Å². The van der Waals surface area contributed by atoms with E-state index in [0.717, 1.165) is 45.5 Å². The largest absolute Gasteiger partial charge is 0.310 e. The Kier molecular flexibility index (Phi) is 23.2. The van der Waals surface area contributed by atoms with Crippen LogP contribution in [0.1, 0.15) is 116 Å². The lowest BCUT2D eigenvalue weighted by atomic mass is 9.55. The fourth-order valence-electron chi connectivity index (χ4n) is 22.5. The van der Waals surface area contributed by atoms with Crippen LogP contribution in [0.5, 0.6) is 0 Å². The third-order valence-electron chi connectivity index (χ3n) is 32.4. The van der Waals surface area contributed by atoms with Gasteiger partial charge in [0.05, 0.1) is 5.69 Å². The highest BCUT2D eigenvalue weighted by Crippen LogP contribution is 2.62. The van der Waals surface area contributed by atoms with Crippen LogP contribution in [0.15, 0.2) is 491 Å². The van der Waals surface area contributed by atoms with Gasteiger partial charge >= 0.3 is 0 Å². The zero-order valence-electron chi connectivity index (χ0n) is 82.6. The number of rotatable bonds is 15. The van der Waals surface area contributed by atoms with Crippen LogP contribution in [-0.2, 0) is 32.5 Å². The first kappa shape index (κ1) is 90.0. The average Bonchev–Trinajstić information content (AvgIpc) is 0.704. The van der Waals surface area contributed by atoms with Crippen molar-refractivity contribution in [2.24, 2.45) is 0 Å². The number of fused-ring (bicyclic) bond motifs is 12. The highest BCUT2D eigenvalue weighted by Gasteiger charge is 2.50. The van der Waals surface area contributed by atoms with Gasteiger partial charge in [0.25, 0.3) is 0 Å². The van der Waals surface area contributed by atoms with Crippen LogP contribution >= 0.6 is 0 Å². The normalized spacial score (nSPS) is 14.3. The van der Waals surface area contributed by atoms with Gasteiger partial charge in [0.1, 0.15) is 0 Å². The van der Waals surface area contributed by atoms with Gasteiger partial charge in [-0.15, -0.1) is 0 Å². The first-order valence-corrected chi connectivity index (χ1v) is 49.8. The number of anilines is 9. The highest BCUT2D eigenvalue weighted by molar-refractivity contribution is 5.98. The summed E-state index contributed by atoms with van der Waals surface area (Å²) in [5.41, 5.74) is 41.0. The molecule has 0 spiro atoms. The molecule has 0 fully saturated rings. The second-order valence-corrected chi connectivity index (χ2v) is 41.6. The molecule has 3 nitrogen and oxygen atoms in total. The van der Waals surface area contributed by atoms with Crippen molar-refractivity contribution in [2.45, 2.75) is 116 Å². The molecule has 3 aliphatic carbocycles. The van der Waals surface area contributed by atoms with Gasteiger partial charge in [-0.2, -0.15) is 0 Å². The fourth-order valence-corrected chi connectivity index (χ4v) is 22.5. The Balaban J connectivity index is 0.000000122. The van der Waals surface area contributed by atoms with Gasteiger partial charge in [-0.25, -0.2) is 0 Å². The topological polar surface area (TPSA) is 9.72 Å². The lowest BCUT2D eigenvalue weighted by Crippen LogP contribution is -2.44. The minimum atomic E-state index is -0.133. The summed E-state index contributed by atoms with van der Waals surface area (Å²) in [6.45, 7) is 29.0. The van der Waals surface area contributed by atoms with E-state index in [2.05, 4.69) is 589 Å². The smallest absolute Gasteiger partial charge is 0.0505 e. The minimum Gasteiger partial charge on any atom is -0.310 e. The molecule has 0 unspecified atom stereocenters.